The number of carbonyl (C=O) groups excluding carboxylic acids is 1. The van der Waals surface area contributed by atoms with Crippen molar-refractivity contribution in [1.82, 2.24) is 4.65 Å². The molecule has 1 saturated carbocycles. The van der Waals surface area contributed by atoms with Crippen molar-refractivity contribution < 1.29 is 14.7 Å². The number of quaternary nitrogens is 1. The summed E-state index contributed by atoms with van der Waals surface area (Å²) in [6, 6.07) is 13.4. The van der Waals surface area contributed by atoms with E-state index in [2.05, 4.69) is 0 Å². The van der Waals surface area contributed by atoms with Crippen LogP contribution in [-0.2, 0) is 4.74 Å². The number of para-hydroxylation sites is 1. The molecule has 1 fully saturated rings. The third kappa shape index (κ3) is 2.57. The molecular weight excluding hydrogens is 314 g/mol. The van der Waals surface area contributed by atoms with Gasteiger partial charge in [0.1, 0.15) is 6.54 Å². The number of carbonyl (C=O) groups is 1. The van der Waals surface area contributed by atoms with Crippen LogP contribution in [0.3, 0.4) is 0 Å². The van der Waals surface area contributed by atoms with E-state index in [9.17, 15) is 10.0 Å². The van der Waals surface area contributed by atoms with Crippen molar-refractivity contribution in [1.29, 1.82) is 0 Å². The topological polar surface area (TPSA) is 46.5 Å². The molecule has 0 bridgehead atoms. The lowest BCUT2D eigenvalue weighted by atomic mass is 9.88. The SMILES string of the molecule is COC(=O)c1cccc2c1-c1ccccc1[N+]2(O)CC1CCCCC1. The Morgan fingerprint density at radius 2 is 1.80 bits per heavy atom. The number of esters is 1. The monoisotopic (exact) mass is 338 g/mol. The van der Waals surface area contributed by atoms with Crippen molar-refractivity contribution in [3.05, 3.63) is 48.0 Å². The molecule has 1 N–H and O–H groups in total. The van der Waals surface area contributed by atoms with Gasteiger partial charge in [-0.05, 0) is 25.0 Å². The average molecular weight is 338 g/mol. The van der Waals surface area contributed by atoms with E-state index in [0.717, 1.165) is 35.3 Å². The highest BCUT2D eigenvalue weighted by atomic mass is 16.5. The summed E-state index contributed by atoms with van der Waals surface area (Å²) >= 11 is 0. The Labute approximate surface area is 148 Å². The molecule has 1 heterocycles. The number of nitrogens with zero attached hydrogens (tertiary/aromatic N) is 1. The van der Waals surface area contributed by atoms with E-state index >= 15 is 0 Å². The fraction of sp³-hybridized carbons (Fsp3) is 0.381. The van der Waals surface area contributed by atoms with Gasteiger partial charge in [-0.2, -0.15) is 0 Å². The fourth-order valence-corrected chi connectivity index (χ4v) is 4.49. The molecule has 0 radical (unpaired) electrons. The first kappa shape index (κ1) is 16.3. The first-order chi connectivity index (χ1) is 12.1. The van der Waals surface area contributed by atoms with Crippen molar-refractivity contribution in [2.75, 3.05) is 13.7 Å². The predicted octanol–water partition coefficient (Wildman–Crippen LogP) is 5.06. The summed E-state index contributed by atoms with van der Waals surface area (Å²) in [7, 11) is 1.39. The summed E-state index contributed by atoms with van der Waals surface area (Å²) in [5.74, 6) is 0.136. The molecule has 0 saturated heterocycles. The number of benzene rings is 2. The standard InChI is InChI=1S/C21H24NO3/c1-25-21(23)17-11-7-13-19-20(17)16-10-5-6-12-18(16)22(19,24)14-15-8-3-2-4-9-15/h5-7,10-13,15,24H,2-4,8-9,14H2,1H3/q+1. The molecule has 130 valence electrons. The molecular formula is C21H24NO3+. The molecule has 2 aliphatic rings. The summed E-state index contributed by atoms with van der Waals surface area (Å²) in [5.41, 5.74) is 3.90. The number of hydrogen-bond acceptors (Lipinski definition) is 3. The predicted molar refractivity (Wildman–Crippen MR) is 97.9 cm³/mol. The van der Waals surface area contributed by atoms with Crippen LogP contribution < -0.4 is 4.65 Å². The second-order valence-corrected chi connectivity index (χ2v) is 7.16. The molecule has 4 nitrogen and oxygen atoms in total. The lowest BCUT2D eigenvalue weighted by molar-refractivity contribution is -0.0358. The summed E-state index contributed by atoms with van der Waals surface area (Å²) in [6.07, 6.45) is 6.09. The molecule has 2 aromatic rings. The van der Waals surface area contributed by atoms with Gasteiger partial charge in [-0.15, -0.1) is 4.65 Å². The average Bonchev–Trinajstić information content (AvgIpc) is 2.91. The third-order valence-corrected chi connectivity index (χ3v) is 5.67. The summed E-state index contributed by atoms with van der Waals surface area (Å²) in [5, 5.41) is 11.7. The molecule has 1 atom stereocenters. The first-order valence-electron chi connectivity index (χ1n) is 9.08. The Hall–Kier alpha value is -2.17. The summed E-state index contributed by atoms with van der Waals surface area (Å²) in [4.78, 5) is 12.3. The van der Waals surface area contributed by atoms with E-state index in [0.29, 0.717) is 18.0 Å². The molecule has 0 amide bonds. The third-order valence-electron chi connectivity index (χ3n) is 5.67. The maximum absolute atomic E-state index is 12.3. The number of rotatable bonds is 3. The normalized spacial score (nSPS) is 22.3. The van der Waals surface area contributed by atoms with Crippen LogP contribution in [0.2, 0.25) is 0 Å². The molecule has 1 unspecified atom stereocenters. The van der Waals surface area contributed by atoms with Crippen LogP contribution >= 0.6 is 0 Å². The summed E-state index contributed by atoms with van der Waals surface area (Å²) < 4.78 is 4.76. The smallest absolute Gasteiger partial charge is 0.338 e. The van der Waals surface area contributed by atoms with E-state index in [1.54, 1.807) is 6.07 Å². The van der Waals surface area contributed by atoms with Crippen molar-refractivity contribution >= 4 is 17.3 Å². The highest BCUT2D eigenvalue weighted by Crippen LogP contribution is 2.53. The zero-order valence-corrected chi connectivity index (χ0v) is 14.6. The van der Waals surface area contributed by atoms with Crippen molar-refractivity contribution in [3.63, 3.8) is 0 Å². The Morgan fingerprint density at radius 1 is 1.08 bits per heavy atom. The lowest BCUT2D eigenvalue weighted by Gasteiger charge is -2.31. The van der Waals surface area contributed by atoms with Crippen LogP contribution in [0.1, 0.15) is 42.5 Å². The maximum atomic E-state index is 12.3. The molecule has 4 heteroatoms. The second kappa shape index (κ2) is 6.28. The van der Waals surface area contributed by atoms with Crippen LogP contribution in [0.15, 0.2) is 42.5 Å². The van der Waals surface area contributed by atoms with Gasteiger partial charge in [0.2, 0.25) is 0 Å². The number of ether oxygens (including phenoxy) is 1. The Bertz CT molecular complexity index is 811. The van der Waals surface area contributed by atoms with Gasteiger partial charge in [0.15, 0.2) is 11.4 Å². The zero-order chi connectivity index (χ0) is 17.4. The number of hydrogen-bond donors (Lipinski definition) is 1. The molecule has 1 aliphatic carbocycles. The van der Waals surface area contributed by atoms with Gasteiger partial charge in [0, 0.05) is 18.1 Å². The highest BCUT2D eigenvalue weighted by molar-refractivity contribution is 6.06. The Balaban J connectivity index is 1.86. The van der Waals surface area contributed by atoms with Crippen molar-refractivity contribution in [2.45, 2.75) is 32.1 Å². The minimum atomic E-state index is -0.363. The summed E-state index contributed by atoms with van der Waals surface area (Å²) in [6.45, 7) is 0.661. The van der Waals surface area contributed by atoms with Crippen molar-refractivity contribution in [2.24, 2.45) is 5.92 Å². The molecule has 25 heavy (non-hydrogen) atoms. The Morgan fingerprint density at radius 3 is 2.56 bits per heavy atom. The first-order valence-corrected chi connectivity index (χ1v) is 9.08. The van der Waals surface area contributed by atoms with Crippen LogP contribution in [-0.4, -0.2) is 24.8 Å². The second-order valence-electron chi connectivity index (χ2n) is 7.16. The molecule has 0 spiro atoms. The van der Waals surface area contributed by atoms with E-state index in [4.69, 9.17) is 4.74 Å². The van der Waals surface area contributed by atoms with E-state index in [1.165, 1.54) is 26.4 Å². The minimum absolute atomic E-state index is 0.207. The molecule has 2 aromatic carbocycles. The lowest BCUT2D eigenvalue weighted by Crippen LogP contribution is -2.43. The number of hydroxylamine groups is 1. The van der Waals surface area contributed by atoms with Gasteiger partial charge in [0.25, 0.3) is 0 Å². The quantitative estimate of drug-likeness (QED) is 0.628. The number of methoxy groups -OCH3 is 1. The largest absolute Gasteiger partial charge is 0.465 e. The van der Waals surface area contributed by atoms with Crippen LogP contribution in [0.25, 0.3) is 11.1 Å². The molecule has 4 rings (SSSR count). The molecule has 1 aliphatic heterocycles. The number of fused-ring (bicyclic) bond motifs is 3. The molecule has 0 aromatic heterocycles. The fourth-order valence-electron chi connectivity index (χ4n) is 4.49. The van der Waals surface area contributed by atoms with Crippen LogP contribution in [0.5, 0.6) is 0 Å². The van der Waals surface area contributed by atoms with Gasteiger partial charge in [-0.3, -0.25) is 0 Å². The van der Waals surface area contributed by atoms with Gasteiger partial charge in [-0.1, -0.05) is 37.5 Å². The Kier molecular flexibility index (Phi) is 4.10. The van der Waals surface area contributed by atoms with Crippen LogP contribution in [0.4, 0.5) is 11.4 Å². The van der Waals surface area contributed by atoms with Crippen molar-refractivity contribution in [3.8, 4) is 11.1 Å². The maximum Gasteiger partial charge on any atom is 0.338 e. The van der Waals surface area contributed by atoms with Gasteiger partial charge in [-0.25, -0.2) is 10.0 Å². The van der Waals surface area contributed by atoms with Gasteiger partial charge >= 0.3 is 5.97 Å². The van der Waals surface area contributed by atoms with E-state index in [1.807, 2.05) is 36.4 Å². The van der Waals surface area contributed by atoms with Crippen LogP contribution in [0, 0.1) is 5.92 Å². The highest BCUT2D eigenvalue weighted by Gasteiger charge is 2.47. The van der Waals surface area contributed by atoms with Gasteiger partial charge < -0.3 is 4.74 Å². The van der Waals surface area contributed by atoms with Gasteiger partial charge in [0.05, 0.1) is 23.8 Å². The minimum Gasteiger partial charge on any atom is -0.465 e. The zero-order valence-electron chi connectivity index (χ0n) is 14.6. The van der Waals surface area contributed by atoms with E-state index < -0.39 is 0 Å². The van der Waals surface area contributed by atoms with E-state index in [-0.39, 0.29) is 10.6 Å².